The van der Waals surface area contributed by atoms with Crippen LogP contribution in [0.3, 0.4) is 0 Å². The Labute approximate surface area is 112 Å². The summed E-state index contributed by atoms with van der Waals surface area (Å²) >= 11 is 5.64. The molecule has 19 heavy (non-hydrogen) atoms. The lowest BCUT2D eigenvalue weighted by molar-refractivity contribution is 0.0690. The Bertz CT molecular complexity index is 649. The molecule has 0 atom stereocenters. The van der Waals surface area contributed by atoms with Crippen LogP contribution < -0.4 is 11.1 Å². The highest BCUT2D eigenvalue weighted by Crippen LogP contribution is 2.27. The molecule has 0 aliphatic carbocycles. The third-order valence-corrected chi connectivity index (χ3v) is 2.64. The number of aromatic carboxylic acids is 1. The molecule has 0 unspecified atom stereocenters. The smallest absolute Gasteiger partial charge is 0.354 e. The van der Waals surface area contributed by atoms with Crippen LogP contribution in [0.25, 0.3) is 0 Å². The van der Waals surface area contributed by atoms with Crippen molar-refractivity contribution >= 4 is 34.8 Å². The minimum Gasteiger partial charge on any atom is -0.477 e. The van der Waals surface area contributed by atoms with E-state index in [1.54, 1.807) is 6.07 Å². The highest BCUT2D eigenvalue weighted by atomic mass is 35.5. The number of nitrogens with one attached hydrogen (secondary N) is 1. The highest BCUT2D eigenvalue weighted by Gasteiger charge is 2.11. The van der Waals surface area contributed by atoms with Gasteiger partial charge in [-0.05, 0) is 24.3 Å². The Kier molecular flexibility index (Phi) is 3.52. The van der Waals surface area contributed by atoms with Crippen LogP contribution in [0.1, 0.15) is 10.5 Å². The Morgan fingerprint density at radius 2 is 2.11 bits per heavy atom. The van der Waals surface area contributed by atoms with Crippen molar-refractivity contribution in [2.75, 3.05) is 11.1 Å². The molecule has 0 bridgehead atoms. The number of nitrogen functional groups attached to an aromatic ring is 1. The Hall–Kier alpha value is -2.34. The largest absolute Gasteiger partial charge is 0.477 e. The number of pyridine rings is 1. The quantitative estimate of drug-likeness (QED) is 0.805. The molecule has 1 aromatic carbocycles. The predicted molar refractivity (Wildman–Crippen MR) is 70.3 cm³/mol. The molecule has 0 saturated carbocycles. The van der Waals surface area contributed by atoms with Crippen LogP contribution in [0.5, 0.6) is 0 Å². The minimum absolute atomic E-state index is 0.0565. The van der Waals surface area contributed by atoms with E-state index in [-0.39, 0.29) is 27.9 Å². The van der Waals surface area contributed by atoms with Crippen LogP contribution in [-0.2, 0) is 0 Å². The van der Waals surface area contributed by atoms with Gasteiger partial charge in [-0.3, -0.25) is 0 Å². The van der Waals surface area contributed by atoms with Gasteiger partial charge < -0.3 is 16.2 Å². The molecule has 2 aromatic rings. The van der Waals surface area contributed by atoms with Crippen LogP contribution in [0.15, 0.2) is 30.3 Å². The SMILES string of the molecule is Nc1ccc(C(=O)O)nc1Nc1cccc(Cl)c1F. The molecule has 7 heteroatoms. The molecule has 4 N–H and O–H groups in total. The summed E-state index contributed by atoms with van der Waals surface area (Å²) in [6.45, 7) is 0. The normalized spacial score (nSPS) is 10.2. The fraction of sp³-hybridized carbons (Fsp3) is 0. The van der Waals surface area contributed by atoms with Crippen LogP contribution >= 0.6 is 11.6 Å². The lowest BCUT2D eigenvalue weighted by Gasteiger charge is -2.10. The minimum atomic E-state index is -1.20. The van der Waals surface area contributed by atoms with E-state index in [1.807, 2.05) is 0 Å². The van der Waals surface area contributed by atoms with Gasteiger partial charge in [0.05, 0.1) is 16.4 Å². The Morgan fingerprint density at radius 1 is 1.37 bits per heavy atom. The van der Waals surface area contributed by atoms with E-state index in [2.05, 4.69) is 10.3 Å². The molecule has 0 aliphatic heterocycles. The summed E-state index contributed by atoms with van der Waals surface area (Å²) in [5, 5.41) is 11.4. The molecule has 0 radical (unpaired) electrons. The number of carboxylic acids is 1. The fourth-order valence-corrected chi connectivity index (χ4v) is 1.59. The van der Waals surface area contributed by atoms with E-state index in [0.717, 1.165) is 0 Å². The zero-order chi connectivity index (χ0) is 14.0. The zero-order valence-corrected chi connectivity index (χ0v) is 10.3. The standard InChI is InChI=1S/C12H9ClFN3O2/c13-6-2-1-3-8(10(6)14)16-11-7(15)4-5-9(17-11)12(18)19/h1-5H,15H2,(H,16,17)(H,18,19). The van der Waals surface area contributed by atoms with Gasteiger partial charge in [-0.1, -0.05) is 17.7 Å². The van der Waals surface area contributed by atoms with E-state index in [9.17, 15) is 9.18 Å². The van der Waals surface area contributed by atoms with E-state index >= 15 is 0 Å². The zero-order valence-electron chi connectivity index (χ0n) is 9.52. The van der Waals surface area contributed by atoms with Crippen molar-refractivity contribution in [1.29, 1.82) is 0 Å². The van der Waals surface area contributed by atoms with Gasteiger partial charge in [0.25, 0.3) is 0 Å². The molecule has 98 valence electrons. The van der Waals surface area contributed by atoms with Crippen LogP contribution in [-0.4, -0.2) is 16.1 Å². The van der Waals surface area contributed by atoms with Gasteiger partial charge in [0.15, 0.2) is 17.3 Å². The second-order valence-corrected chi connectivity index (χ2v) is 4.07. The number of rotatable bonds is 3. The number of anilines is 3. The van der Waals surface area contributed by atoms with Gasteiger partial charge in [0.1, 0.15) is 0 Å². The molecular weight excluding hydrogens is 273 g/mol. The fourth-order valence-electron chi connectivity index (χ4n) is 1.42. The van der Waals surface area contributed by atoms with Crippen molar-refractivity contribution in [3.63, 3.8) is 0 Å². The number of halogens is 2. The molecule has 0 spiro atoms. The molecule has 5 nitrogen and oxygen atoms in total. The van der Waals surface area contributed by atoms with Crippen molar-refractivity contribution in [3.05, 3.63) is 46.9 Å². The number of carbonyl (C=O) groups is 1. The first-order chi connectivity index (χ1) is 8.99. The molecule has 0 amide bonds. The van der Waals surface area contributed by atoms with Crippen molar-refractivity contribution in [2.45, 2.75) is 0 Å². The Morgan fingerprint density at radius 3 is 2.79 bits per heavy atom. The summed E-state index contributed by atoms with van der Waals surface area (Å²) in [5.74, 6) is -1.80. The molecular formula is C12H9ClFN3O2. The number of nitrogens with zero attached hydrogens (tertiary/aromatic N) is 1. The van der Waals surface area contributed by atoms with Gasteiger partial charge in [-0.15, -0.1) is 0 Å². The number of hydrogen-bond donors (Lipinski definition) is 3. The van der Waals surface area contributed by atoms with E-state index in [1.165, 1.54) is 24.3 Å². The number of benzene rings is 1. The first-order valence-electron chi connectivity index (χ1n) is 5.20. The Balaban J connectivity index is 2.40. The third-order valence-electron chi connectivity index (χ3n) is 2.35. The summed E-state index contributed by atoms with van der Waals surface area (Å²) < 4.78 is 13.7. The molecule has 0 saturated heterocycles. The lowest BCUT2D eigenvalue weighted by atomic mass is 10.2. The van der Waals surface area contributed by atoms with Gasteiger partial charge in [0.2, 0.25) is 0 Å². The maximum Gasteiger partial charge on any atom is 0.354 e. The number of carboxylic acid groups (broad SMARTS) is 1. The summed E-state index contributed by atoms with van der Waals surface area (Å²) in [6.07, 6.45) is 0. The highest BCUT2D eigenvalue weighted by molar-refractivity contribution is 6.31. The second-order valence-electron chi connectivity index (χ2n) is 3.67. The maximum absolute atomic E-state index is 13.7. The van der Waals surface area contributed by atoms with Gasteiger partial charge in [-0.25, -0.2) is 14.2 Å². The van der Waals surface area contributed by atoms with Crippen LogP contribution in [0, 0.1) is 5.82 Å². The predicted octanol–water partition coefficient (Wildman–Crippen LogP) is 2.90. The molecule has 2 rings (SSSR count). The maximum atomic E-state index is 13.7. The second kappa shape index (κ2) is 5.11. The number of hydrogen-bond acceptors (Lipinski definition) is 4. The summed E-state index contributed by atoms with van der Waals surface area (Å²) in [6, 6.07) is 7.02. The number of nitrogens with two attached hydrogens (primary N) is 1. The monoisotopic (exact) mass is 281 g/mol. The molecule has 1 aromatic heterocycles. The van der Waals surface area contributed by atoms with Crippen LogP contribution in [0.4, 0.5) is 21.6 Å². The van der Waals surface area contributed by atoms with Crippen molar-refractivity contribution in [2.24, 2.45) is 0 Å². The van der Waals surface area contributed by atoms with Crippen molar-refractivity contribution in [1.82, 2.24) is 4.98 Å². The van der Waals surface area contributed by atoms with E-state index in [4.69, 9.17) is 22.4 Å². The first kappa shape index (κ1) is 13.1. The first-order valence-corrected chi connectivity index (χ1v) is 5.57. The summed E-state index contributed by atoms with van der Waals surface area (Å²) in [5.41, 5.74) is 5.72. The lowest BCUT2D eigenvalue weighted by Crippen LogP contribution is -2.06. The number of aromatic nitrogens is 1. The van der Waals surface area contributed by atoms with Crippen molar-refractivity contribution in [3.8, 4) is 0 Å². The van der Waals surface area contributed by atoms with Gasteiger partial charge in [0, 0.05) is 0 Å². The average Bonchev–Trinajstić information content (AvgIpc) is 2.37. The third kappa shape index (κ3) is 2.74. The summed E-state index contributed by atoms with van der Waals surface area (Å²) in [4.78, 5) is 14.6. The van der Waals surface area contributed by atoms with Crippen molar-refractivity contribution < 1.29 is 14.3 Å². The summed E-state index contributed by atoms with van der Waals surface area (Å²) in [7, 11) is 0. The molecule has 0 aliphatic rings. The van der Waals surface area contributed by atoms with Gasteiger partial charge >= 0.3 is 5.97 Å². The van der Waals surface area contributed by atoms with E-state index < -0.39 is 11.8 Å². The molecule has 1 heterocycles. The van der Waals surface area contributed by atoms with Crippen LogP contribution in [0.2, 0.25) is 5.02 Å². The van der Waals surface area contributed by atoms with Gasteiger partial charge in [-0.2, -0.15) is 0 Å². The topological polar surface area (TPSA) is 88.2 Å². The molecule has 0 fully saturated rings. The van der Waals surface area contributed by atoms with E-state index in [0.29, 0.717) is 0 Å². The average molecular weight is 282 g/mol.